The van der Waals surface area contributed by atoms with Gasteiger partial charge in [0.05, 0.1) is 28.1 Å². The van der Waals surface area contributed by atoms with Gasteiger partial charge in [-0.25, -0.2) is 14.8 Å². The number of aryl methyl sites for hydroxylation is 2. The molecule has 0 aliphatic carbocycles. The number of rotatable bonds is 3. The van der Waals surface area contributed by atoms with E-state index in [1.54, 1.807) is 6.92 Å². The van der Waals surface area contributed by atoms with Crippen LogP contribution >= 0.6 is 0 Å². The molecule has 2 aromatic rings. The number of nitro groups is 1. The fourth-order valence-electron chi connectivity index (χ4n) is 1.52. The number of aromatic nitrogens is 4. The summed E-state index contributed by atoms with van der Waals surface area (Å²) in [4.78, 5) is 28.7. The largest absolute Gasteiger partial charge is 0.478 e. The van der Waals surface area contributed by atoms with Gasteiger partial charge in [-0.15, -0.1) is 4.68 Å². The molecular weight excluding hydrogens is 254 g/mol. The number of carboxylic acids is 1. The number of hydrogen-bond donors (Lipinski definition) is 1. The van der Waals surface area contributed by atoms with Gasteiger partial charge in [0, 0.05) is 6.20 Å². The van der Waals surface area contributed by atoms with Crippen molar-refractivity contribution in [3.63, 3.8) is 0 Å². The summed E-state index contributed by atoms with van der Waals surface area (Å²) in [7, 11) is 0. The van der Waals surface area contributed by atoms with Gasteiger partial charge in [-0.3, -0.25) is 0 Å². The lowest BCUT2D eigenvalue weighted by Gasteiger charge is -2.02. The minimum atomic E-state index is -1.13. The quantitative estimate of drug-likeness (QED) is 0.643. The number of nitrogens with zero attached hydrogens (tertiary/aromatic N) is 5. The molecule has 0 fully saturated rings. The topological polar surface area (TPSA) is 124 Å². The van der Waals surface area contributed by atoms with Crippen LogP contribution in [-0.4, -0.2) is 35.7 Å². The molecule has 9 heteroatoms. The van der Waals surface area contributed by atoms with E-state index in [0.717, 1.165) is 6.20 Å². The maximum absolute atomic E-state index is 10.8. The fourth-order valence-corrected chi connectivity index (χ4v) is 1.52. The van der Waals surface area contributed by atoms with E-state index in [2.05, 4.69) is 15.1 Å². The maximum atomic E-state index is 10.8. The predicted molar refractivity (Wildman–Crippen MR) is 62.2 cm³/mol. The van der Waals surface area contributed by atoms with Crippen LogP contribution in [0.2, 0.25) is 0 Å². The molecule has 0 amide bonds. The molecule has 1 N–H and O–H groups in total. The molecule has 9 nitrogen and oxygen atoms in total. The molecule has 2 rings (SSSR count). The molecule has 0 aromatic carbocycles. The Morgan fingerprint density at radius 2 is 2.16 bits per heavy atom. The lowest BCUT2D eigenvalue weighted by atomic mass is 10.2. The van der Waals surface area contributed by atoms with Crippen molar-refractivity contribution in [2.24, 2.45) is 0 Å². The minimum absolute atomic E-state index is 0.0249. The molecule has 2 heterocycles. The van der Waals surface area contributed by atoms with Crippen LogP contribution in [0.4, 0.5) is 5.82 Å². The molecule has 0 spiro atoms. The SMILES string of the molecule is Cc1nc(-n2nc([N+](=O)[O-])cc2C)ncc1C(=O)O. The third kappa shape index (κ3) is 2.25. The van der Waals surface area contributed by atoms with E-state index in [0.29, 0.717) is 5.69 Å². The average Bonchev–Trinajstić information content (AvgIpc) is 2.71. The average molecular weight is 263 g/mol. The Balaban J connectivity index is 2.51. The highest BCUT2D eigenvalue weighted by atomic mass is 16.6. The first-order valence-corrected chi connectivity index (χ1v) is 5.18. The Hall–Kier alpha value is -2.84. The second kappa shape index (κ2) is 4.44. The Kier molecular flexibility index (Phi) is 2.95. The van der Waals surface area contributed by atoms with Crippen molar-refractivity contribution < 1.29 is 14.8 Å². The van der Waals surface area contributed by atoms with E-state index >= 15 is 0 Å². The number of hydrogen-bond acceptors (Lipinski definition) is 6. The van der Waals surface area contributed by atoms with Crippen LogP contribution in [0.3, 0.4) is 0 Å². The molecule has 0 saturated heterocycles. The summed E-state index contributed by atoms with van der Waals surface area (Å²) in [5.41, 5.74) is 0.715. The molecule has 0 saturated carbocycles. The van der Waals surface area contributed by atoms with Crippen molar-refractivity contribution in [3.8, 4) is 5.95 Å². The maximum Gasteiger partial charge on any atom is 0.390 e. The lowest BCUT2D eigenvalue weighted by molar-refractivity contribution is -0.389. The van der Waals surface area contributed by atoms with Gasteiger partial charge in [-0.2, -0.15) is 0 Å². The third-order valence-corrected chi connectivity index (χ3v) is 2.45. The van der Waals surface area contributed by atoms with Gasteiger partial charge in [0.2, 0.25) is 0 Å². The van der Waals surface area contributed by atoms with E-state index in [1.165, 1.54) is 17.7 Å². The van der Waals surface area contributed by atoms with Crippen LogP contribution in [0, 0.1) is 24.0 Å². The van der Waals surface area contributed by atoms with Crippen molar-refractivity contribution in [2.45, 2.75) is 13.8 Å². The zero-order chi connectivity index (χ0) is 14.2. The molecule has 0 unspecified atom stereocenters. The summed E-state index contributed by atoms with van der Waals surface area (Å²) in [6.45, 7) is 3.13. The number of carboxylic acid groups (broad SMARTS) is 1. The molecule has 0 bridgehead atoms. The molecule has 0 atom stereocenters. The summed E-state index contributed by atoms with van der Waals surface area (Å²) >= 11 is 0. The molecule has 0 radical (unpaired) electrons. The smallest absolute Gasteiger partial charge is 0.390 e. The van der Waals surface area contributed by atoms with E-state index < -0.39 is 10.9 Å². The lowest BCUT2D eigenvalue weighted by Crippen LogP contribution is -2.10. The molecule has 2 aromatic heterocycles. The van der Waals surface area contributed by atoms with Crippen molar-refractivity contribution in [1.29, 1.82) is 0 Å². The standard InChI is InChI=1S/C10H9N5O4/c1-5-3-8(15(18)19)13-14(5)10-11-4-7(9(16)17)6(2)12-10/h3-4H,1-2H3,(H,16,17). The molecule has 98 valence electrons. The normalized spacial score (nSPS) is 10.4. The Morgan fingerprint density at radius 3 is 2.63 bits per heavy atom. The second-order valence-corrected chi connectivity index (χ2v) is 3.79. The van der Waals surface area contributed by atoms with E-state index in [9.17, 15) is 14.9 Å². The molecule has 0 aliphatic rings. The summed E-state index contributed by atoms with van der Waals surface area (Å²) in [5, 5.41) is 23.2. The van der Waals surface area contributed by atoms with Gasteiger partial charge >= 0.3 is 11.8 Å². The van der Waals surface area contributed by atoms with Crippen LogP contribution in [0.1, 0.15) is 21.7 Å². The highest BCUT2D eigenvalue weighted by molar-refractivity contribution is 5.88. The van der Waals surface area contributed by atoms with Gasteiger partial charge < -0.3 is 15.2 Å². The van der Waals surface area contributed by atoms with Gasteiger partial charge in [0.25, 0.3) is 5.95 Å². The fraction of sp³-hybridized carbons (Fsp3) is 0.200. The summed E-state index contributed by atoms with van der Waals surface area (Å²) in [5.74, 6) is -1.36. The minimum Gasteiger partial charge on any atom is -0.478 e. The first kappa shape index (κ1) is 12.6. The number of aromatic carboxylic acids is 1. The van der Waals surface area contributed by atoms with Crippen LogP contribution in [0.25, 0.3) is 5.95 Å². The Labute approximate surface area is 106 Å². The van der Waals surface area contributed by atoms with Crippen LogP contribution < -0.4 is 0 Å². The van der Waals surface area contributed by atoms with Gasteiger partial charge in [0.1, 0.15) is 0 Å². The van der Waals surface area contributed by atoms with E-state index in [-0.39, 0.29) is 23.0 Å². The second-order valence-electron chi connectivity index (χ2n) is 3.79. The van der Waals surface area contributed by atoms with Gasteiger partial charge in [0.15, 0.2) is 0 Å². The van der Waals surface area contributed by atoms with Crippen LogP contribution in [0.15, 0.2) is 12.3 Å². The zero-order valence-corrected chi connectivity index (χ0v) is 10.1. The first-order chi connectivity index (χ1) is 8.90. The van der Waals surface area contributed by atoms with Gasteiger partial charge in [-0.05, 0) is 18.8 Å². The van der Waals surface area contributed by atoms with E-state index in [4.69, 9.17) is 5.11 Å². The summed E-state index contributed by atoms with van der Waals surface area (Å²) in [6.07, 6.45) is 1.15. The summed E-state index contributed by atoms with van der Waals surface area (Å²) in [6, 6.07) is 1.28. The van der Waals surface area contributed by atoms with Crippen LogP contribution in [-0.2, 0) is 0 Å². The highest BCUT2D eigenvalue weighted by Crippen LogP contribution is 2.15. The first-order valence-electron chi connectivity index (χ1n) is 5.18. The highest BCUT2D eigenvalue weighted by Gasteiger charge is 2.19. The van der Waals surface area contributed by atoms with E-state index in [1.807, 2.05) is 0 Å². The summed E-state index contributed by atoms with van der Waals surface area (Å²) < 4.78 is 1.19. The Bertz CT molecular complexity index is 679. The zero-order valence-electron chi connectivity index (χ0n) is 10.1. The van der Waals surface area contributed by atoms with Crippen molar-refractivity contribution >= 4 is 11.8 Å². The molecule has 19 heavy (non-hydrogen) atoms. The van der Waals surface area contributed by atoms with Crippen molar-refractivity contribution in [1.82, 2.24) is 19.7 Å². The van der Waals surface area contributed by atoms with Crippen molar-refractivity contribution in [3.05, 3.63) is 39.3 Å². The third-order valence-electron chi connectivity index (χ3n) is 2.45. The number of carbonyl (C=O) groups is 1. The Morgan fingerprint density at radius 1 is 1.47 bits per heavy atom. The van der Waals surface area contributed by atoms with Crippen molar-refractivity contribution in [2.75, 3.05) is 0 Å². The predicted octanol–water partition coefficient (Wildman–Crippen LogP) is 0.886. The monoisotopic (exact) mass is 263 g/mol. The molecular formula is C10H9N5O4. The van der Waals surface area contributed by atoms with Crippen LogP contribution in [0.5, 0.6) is 0 Å². The van der Waals surface area contributed by atoms with Gasteiger partial charge in [-0.1, -0.05) is 0 Å². The molecule has 0 aliphatic heterocycles.